The van der Waals surface area contributed by atoms with Crippen LogP contribution in [0.1, 0.15) is 19.3 Å². The average Bonchev–Trinajstić information content (AvgIpc) is 2.13. The van der Waals surface area contributed by atoms with E-state index >= 15 is 0 Å². The van der Waals surface area contributed by atoms with Crippen molar-refractivity contribution in [3.8, 4) is 0 Å². The fraction of sp³-hybridized carbons (Fsp3) is 0.750. The van der Waals surface area contributed by atoms with Crippen molar-refractivity contribution in [2.45, 2.75) is 25.4 Å². The summed E-state index contributed by atoms with van der Waals surface area (Å²) in [4.78, 5) is 21.3. The smallest absolute Gasteiger partial charge is 0.308 e. The zero-order valence-electron chi connectivity index (χ0n) is 7.78. The molecule has 0 bridgehead atoms. The summed E-state index contributed by atoms with van der Waals surface area (Å²) < 4.78 is 8.70. The van der Waals surface area contributed by atoms with E-state index in [1.54, 1.807) is 0 Å². The van der Waals surface area contributed by atoms with Crippen molar-refractivity contribution in [2.75, 3.05) is 14.2 Å². The first-order valence-electron chi connectivity index (χ1n) is 3.91. The van der Waals surface area contributed by atoms with E-state index in [1.807, 2.05) is 0 Å². The van der Waals surface area contributed by atoms with E-state index in [-0.39, 0.29) is 19.3 Å². The highest BCUT2D eigenvalue weighted by molar-refractivity contribution is 5.70. The molecule has 1 N–H and O–H groups in total. The van der Waals surface area contributed by atoms with Crippen molar-refractivity contribution in [2.24, 2.45) is 0 Å². The minimum absolute atomic E-state index is 0.0898. The number of carbonyl (C=O) groups excluding carboxylic acids is 2. The van der Waals surface area contributed by atoms with Crippen molar-refractivity contribution < 1.29 is 24.2 Å². The van der Waals surface area contributed by atoms with Crippen LogP contribution in [0.4, 0.5) is 0 Å². The van der Waals surface area contributed by atoms with Gasteiger partial charge in [0.2, 0.25) is 0 Å². The second-order valence-corrected chi connectivity index (χ2v) is 2.55. The topological polar surface area (TPSA) is 72.8 Å². The third-order valence-electron chi connectivity index (χ3n) is 1.54. The summed E-state index contributed by atoms with van der Waals surface area (Å²) in [6, 6.07) is 0. The Morgan fingerprint density at radius 1 is 1.23 bits per heavy atom. The van der Waals surface area contributed by atoms with Gasteiger partial charge in [0.25, 0.3) is 0 Å². The first-order chi connectivity index (χ1) is 6.10. The summed E-state index contributed by atoms with van der Waals surface area (Å²) in [5.41, 5.74) is 0. The average molecular weight is 190 g/mol. The van der Waals surface area contributed by atoms with Crippen LogP contribution in [0, 0.1) is 0 Å². The van der Waals surface area contributed by atoms with Gasteiger partial charge in [0.05, 0.1) is 26.7 Å². The Morgan fingerprint density at radius 3 is 2.23 bits per heavy atom. The number of aliphatic hydroxyl groups excluding tert-OH is 1. The van der Waals surface area contributed by atoms with Crippen molar-refractivity contribution in [3.63, 3.8) is 0 Å². The van der Waals surface area contributed by atoms with E-state index in [9.17, 15) is 14.7 Å². The normalized spacial score (nSPS) is 11.9. The van der Waals surface area contributed by atoms with Gasteiger partial charge in [0, 0.05) is 6.42 Å². The van der Waals surface area contributed by atoms with Crippen molar-refractivity contribution in [1.29, 1.82) is 0 Å². The molecule has 0 aliphatic rings. The molecule has 0 amide bonds. The summed E-state index contributed by atoms with van der Waals surface area (Å²) >= 11 is 0. The highest BCUT2D eigenvalue weighted by Gasteiger charge is 2.12. The minimum Gasteiger partial charge on any atom is -0.469 e. The molecule has 1 unspecified atom stereocenters. The molecule has 0 spiro atoms. The van der Waals surface area contributed by atoms with E-state index in [2.05, 4.69) is 9.47 Å². The van der Waals surface area contributed by atoms with Gasteiger partial charge < -0.3 is 14.6 Å². The predicted molar refractivity (Wildman–Crippen MR) is 43.9 cm³/mol. The SMILES string of the molecule is COC(=O)CCC(O)CC(=O)OC. The number of carbonyl (C=O) groups is 2. The predicted octanol–water partition coefficient (Wildman–Crippen LogP) is -0.136. The van der Waals surface area contributed by atoms with Gasteiger partial charge in [0.15, 0.2) is 0 Å². The van der Waals surface area contributed by atoms with E-state index in [1.165, 1.54) is 14.2 Å². The first-order valence-corrected chi connectivity index (χ1v) is 3.91. The molecule has 0 fully saturated rings. The van der Waals surface area contributed by atoms with Crippen LogP contribution in [-0.4, -0.2) is 37.4 Å². The third kappa shape index (κ3) is 6.10. The Labute approximate surface area is 76.6 Å². The maximum atomic E-state index is 10.6. The molecule has 0 aliphatic heterocycles. The molecule has 0 aromatic carbocycles. The Hall–Kier alpha value is -1.10. The van der Waals surface area contributed by atoms with Gasteiger partial charge in [0.1, 0.15) is 0 Å². The second kappa shape index (κ2) is 6.42. The van der Waals surface area contributed by atoms with E-state index in [0.29, 0.717) is 0 Å². The fourth-order valence-corrected chi connectivity index (χ4v) is 0.764. The standard InChI is InChI=1S/C8H14O5/c1-12-7(10)4-3-6(9)5-8(11)13-2/h6,9H,3-5H2,1-2H3. The number of ether oxygens (including phenoxy) is 2. The van der Waals surface area contributed by atoms with E-state index < -0.39 is 18.0 Å². The number of hydrogen-bond donors (Lipinski definition) is 1. The minimum atomic E-state index is -0.841. The fourth-order valence-electron chi connectivity index (χ4n) is 0.764. The van der Waals surface area contributed by atoms with Gasteiger partial charge >= 0.3 is 11.9 Å². The Morgan fingerprint density at radius 2 is 1.77 bits per heavy atom. The van der Waals surface area contributed by atoms with Crippen LogP contribution in [0.15, 0.2) is 0 Å². The molecule has 0 aliphatic carbocycles. The molecular weight excluding hydrogens is 176 g/mol. The van der Waals surface area contributed by atoms with Gasteiger partial charge in [-0.05, 0) is 6.42 Å². The lowest BCUT2D eigenvalue weighted by molar-refractivity contribution is -0.145. The van der Waals surface area contributed by atoms with Gasteiger partial charge in [-0.2, -0.15) is 0 Å². The molecule has 5 heteroatoms. The molecule has 0 radical (unpaired) electrons. The first kappa shape index (κ1) is 11.9. The van der Waals surface area contributed by atoms with Gasteiger partial charge in [-0.15, -0.1) is 0 Å². The largest absolute Gasteiger partial charge is 0.469 e. The molecule has 76 valence electrons. The molecule has 0 rings (SSSR count). The maximum Gasteiger partial charge on any atom is 0.308 e. The van der Waals surface area contributed by atoms with Gasteiger partial charge in [-0.25, -0.2) is 0 Å². The lowest BCUT2D eigenvalue weighted by Gasteiger charge is -2.07. The Bertz CT molecular complexity index is 177. The molecule has 0 saturated carbocycles. The summed E-state index contributed by atoms with van der Waals surface area (Å²) in [5, 5.41) is 9.19. The lowest BCUT2D eigenvalue weighted by Crippen LogP contribution is -2.16. The summed E-state index contributed by atoms with van der Waals surface area (Å²) in [6.45, 7) is 0. The molecule has 0 saturated heterocycles. The van der Waals surface area contributed by atoms with Crippen LogP contribution in [0.25, 0.3) is 0 Å². The Kier molecular flexibility index (Phi) is 5.88. The summed E-state index contributed by atoms with van der Waals surface area (Å²) in [7, 11) is 2.52. The summed E-state index contributed by atoms with van der Waals surface area (Å²) in [6.07, 6.45) is -0.615. The maximum absolute atomic E-state index is 10.6. The van der Waals surface area contributed by atoms with E-state index in [4.69, 9.17) is 0 Å². The van der Waals surface area contributed by atoms with Crippen LogP contribution in [0.5, 0.6) is 0 Å². The van der Waals surface area contributed by atoms with Gasteiger partial charge in [-0.3, -0.25) is 9.59 Å². The number of aliphatic hydroxyl groups is 1. The number of rotatable bonds is 5. The molecule has 0 aromatic heterocycles. The summed E-state index contributed by atoms with van der Waals surface area (Å²) in [5.74, 6) is -0.888. The van der Waals surface area contributed by atoms with E-state index in [0.717, 1.165) is 0 Å². The lowest BCUT2D eigenvalue weighted by atomic mass is 10.1. The zero-order valence-corrected chi connectivity index (χ0v) is 7.78. The van der Waals surface area contributed by atoms with Crippen LogP contribution in [0.2, 0.25) is 0 Å². The molecule has 5 nitrogen and oxygen atoms in total. The van der Waals surface area contributed by atoms with Crippen molar-refractivity contribution in [1.82, 2.24) is 0 Å². The quantitative estimate of drug-likeness (QED) is 0.611. The second-order valence-electron chi connectivity index (χ2n) is 2.55. The number of hydrogen-bond acceptors (Lipinski definition) is 5. The van der Waals surface area contributed by atoms with Crippen LogP contribution < -0.4 is 0 Å². The monoisotopic (exact) mass is 190 g/mol. The molecule has 0 heterocycles. The van der Waals surface area contributed by atoms with Crippen LogP contribution in [-0.2, 0) is 19.1 Å². The van der Waals surface area contributed by atoms with Crippen LogP contribution >= 0.6 is 0 Å². The van der Waals surface area contributed by atoms with Gasteiger partial charge in [-0.1, -0.05) is 0 Å². The molecular formula is C8H14O5. The molecule has 1 atom stereocenters. The number of methoxy groups -OCH3 is 2. The highest BCUT2D eigenvalue weighted by Crippen LogP contribution is 2.03. The van der Waals surface area contributed by atoms with Crippen molar-refractivity contribution >= 4 is 11.9 Å². The van der Waals surface area contributed by atoms with Crippen LogP contribution in [0.3, 0.4) is 0 Å². The zero-order chi connectivity index (χ0) is 10.3. The highest BCUT2D eigenvalue weighted by atomic mass is 16.5. The third-order valence-corrected chi connectivity index (χ3v) is 1.54. The van der Waals surface area contributed by atoms with Crippen molar-refractivity contribution in [3.05, 3.63) is 0 Å². The molecule has 0 aromatic rings. The molecule has 13 heavy (non-hydrogen) atoms. The number of esters is 2. The Balaban J connectivity index is 3.56.